The molecule has 1 aromatic heterocycles. The van der Waals surface area contributed by atoms with Gasteiger partial charge < -0.3 is 9.73 Å². The summed E-state index contributed by atoms with van der Waals surface area (Å²) in [6.07, 6.45) is 1.63. The van der Waals surface area contributed by atoms with E-state index in [0.29, 0.717) is 18.1 Å². The minimum atomic E-state index is -0.0653. The number of aryl methyl sites for hydroxylation is 1. The third-order valence-electron chi connectivity index (χ3n) is 2.88. The van der Waals surface area contributed by atoms with Crippen molar-refractivity contribution in [2.24, 2.45) is 0 Å². The van der Waals surface area contributed by atoms with Crippen LogP contribution in [0.15, 0.2) is 41.0 Å². The summed E-state index contributed by atoms with van der Waals surface area (Å²) in [4.78, 5) is 13.9. The van der Waals surface area contributed by atoms with Crippen molar-refractivity contribution in [2.45, 2.75) is 13.5 Å². The predicted octanol–water partition coefficient (Wildman–Crippen LogP) is 3.31. The second-order valence-electron chi connectivity index (χ2n) is 4.76. The average Bonchev–Trinajstić information content (AvgIpc) is 2.85. The van der Waals surface area contributed by atoms with Crippen molar-refractivity contribution in [1.82, 2.24) is 4.90 Å². The molecule has 0 saturated carbocycles. The number of benzene rings is 1. The van der Waals surface area contributed by atoms with E-state index in [1.54, 1.807) is 12.3 Å². The van der Waals surface area contributed by atoms with E-state index in [1.807, 2.05) is 43.1 Å². The van der Waals surface area contributed by atoms with Crippen LogP contribution in [0.2, 0.25) is 5.02 Å². The molecule has 0 aliphatic rings. The average molecular weight is 293 g/mol. The van der Waals surface area contributed by atoms with Gasteiger partial charge in [0.25, 0.3) is 0 Å². The smallest absolute Gasteiger partial charge is 0.238 e. The number of carbonyl (C=O) groups excluding carboxylic acids is 1. The molecule has 0 fully saturated rings. The number of rotatable bonds is 5. The largest absolute Gasteiger partial charge is 0.468 e. The van der Waals surface area contributed by atoms with E-state index in [0.717, 1.165) is 17.0 Å². The molecule has 5 heteroatoms. The van der Waals surface area contributed by atoms with Gasteiger partial charge in [-0.15, -0.1) is 0 Å². The van der Waals surface area contributed by atoms with Crippen LogP contribution < -0.4 is 5.32 Å². The fraction of sp³-hybridized carbons (Fsp3) is 0.267. The highest BCUT2D eigenvalue weighted by atomic mass is 35.5. The van der Waals surface area contributed by atoms with E-state index in [9.17, 15) is 4.79 Å². The van der Waals surface area contributed by atoms with Crippen LogP contribution in [0.1, 0.15) is 11.3 Å². The maximum Gasteiger partial charge on any atom is 0.238 e. The first-order chi connectivity index (χ1) is 9.54. The van der Waals surface area contributed by atoms with E-state index < -0.39 is 0 Å². The fourth-order valence-corrected chi connectivity index (χ4v) is 2.15. The number of halogens is 1. The highest BCUT2D eigenvalue weighted by Gasteiger charge is 2.10. The van der Waals surface area contributed by atoms with Crippen molar-refractivity contribution in [3.63, 3.8) is 0 Å². The Balaban J connectivity index is 1.88. The normalized spacial score (nSPS) is 10.8. The molecule has 2 rings (SSSR count). The lowest BCUT2D eigenvalue weighted by Gasteiger charge is -2.15. The van der Waals surface area contributed by atoms with Crippen molar-refractivity contribution < 1.29 is 9.21 Å². The summed E-state index contributed by atoms with van der Waals surface area (Å²) in [5, 5.41) is 3.54. The van der Waals surface area contributed by atoms with Gasteiger partial charge in [0.2, 0.25) is 5.91 Å². The van der Waals surface area contributed by atoms with E-state index in [-0.39, 0.29) is 5.91 Å². The number of carbonyl (C=O) groups is 1. The molecule has 4 nitrogen and oxygen atoms in total. The first-order valence-electron chi connectivity index (χ1n) is 6.31. The zero-order chi connectivity index (χ0) is 14.5. The van der Waals surface area contributed by atoms with Crippen LogP contribution in [0.5, 0.6) is 0 Å². The Kier molecular flexibility index (Phi) is 4.82. The number of furan rings is 1. The van der Waals surface area contributed by atoms with Gasteiger partial charge in [0.05, 0.1) is 19.4 Å². The molecule has 0 unspecified atom stereocenters. The lowest BCUT2D eigenvalue weighted by Crippen LogP contribution is -2.29. The Morgan fingerprint density at radius 3 is 2.85 bits per heavy atom. The van der Waals surface area contributed by atoms with Crippen LogP contribution in [-0.4, -0.2) is 24.4 Å². The van der Waals surface area contributed by atoms with E-state index >= 15 is 0 Å². The number of anilines is 1. The minimum Gasteiger partial charge on any atom is -0.468 e. The number of nitrogens with zero attached hydrogens (tertiary/aromatic N) is 1. The monoisotopic (exact) mass is 292 g/mol. The summed E-state index contributed by atoms with van der Waals surface area (Å²) in [7, 11) is 1.87. The number of hydrogen-bond acceptors (Lipinski definition) is 3. The van der Waals surface area contributed by atoms with Crippen LogP contribution in [0, 0.1) is 6.92 Å². The van der Waals surface area contributed by atoms with Crippen molar-refractivity contribution in [1.29, 1.82) is 0 Å². The summed E-state index contributed by atoms with van der Waals surface area (Å²) < 4.78 is 5.25. The van der Waals surface area contributed by atoms with Gasteiger partial charge >= 0.3 is 0 Å². The minimum absolute atomic E-state index is 0.0653. The molecule has 0 radical (unpaired) electrons. The van der Waals surface area contributed by atoms with Crippen LogP contribution in [0.3, 0.4) is 0 Å². The van der Waals surface area contributed by atoms with Crippen LogP contribution >= 0.6 is 11.6 Å². The Hall–Kier alpha value is -1.78. The molecule has 1 heterocycles. The highest BCUT2D eigenvalue weighted by molar-refractivity contribution is 6.30. The van der Waals surface area contributed by atoms with Gasteiger partial charge in [0.15, 0.2) is 0 Å². The van der Waals surface area contributed by atoms with Crippen LogP contribution in [-0.2, 0) is 11.3 Å². The molecule has 0 bridgehead atoms. The van der Waals surface area contributed by atoms with Gasteiger partial charge in [0.1, 0.15) is 5.76 Å². The summed E-state index contributed by atoms with van der Waals surface area (Å²) in [5.41, 5.74) is 1.73. The molecule has 1 amide bonds. The van der Waals surface area contributed by atoms with Gasteiger partial charge in [0, 0.05) is 10.7 Å². The summed E-state index contributed by atoms with van der Waals surface area (Å²) in [6, 6.07) is 9.11. The van der Waals surface area contributed by atoms with Gasteiger partial charge in [-0.1, -0.05) is 11.6 Å². The Morgan fingerprint density at radius 2 is 2.20 bits per heavy atom. The van der Waals surface area contributed by atoms with Gasteiger partial charge in [-0.3, -0.25) is 9.69 Å². The number of nitrogens with one attached hydrogen (secondary N) is 1. The van der Waals surface area contributed by atoms with Crippen LogP contribution in [0.4, 0.5) is 5.69 Å². The molecule has 0 aliphatic carbocycles. The third kappa shape index (κ3) is 4.11. The molecule has 1 aromatic carbocycles. The lowest BCUT2D eigenvalue weighted by molar-refractivity contribution is -0.117. The molecule has 1 N–H and O–H groups in total. The van der Waals surface area contributed by atoms with Crippen molar-refractivity contribution in [2.75, 3.05) is 18.9 Å². The highest BCUT2D eigenvalue weighted by Crippen LogP contribution is 2.19. The maximum atomic E-state index is 12.0. The summed E-state index contributed by atoms with van der Waals surface area (Å²) >= 11 is 5.89. The molecule has 20 heavy (non-hydrogen) atoms. The molecule has 0 saturated heterocycles. The number of amides is 1. The zero-order valence-electron chi connectivity index (χ0n) is 11.5. The Bertz CT molecular complexity index is 582. The van der Waals surface area contributed by atoms with E-state index in [1.165, 1.54) is 0 Å². The lowest BCUT2D eigenvalue weighted by atomic mass is 10.2. The predicted molar refractivity (Wildman–Crippen MR) is 79.9 cm³/mol. The molecule has 2 aromatic rings. The summed E-state index contributed by atoms with van der Waals surface area (Å²) in [6.45, 7) is 2.80. The fourth-order valence-electron chi connectivity index (χ4n) is 1.93. The molecule has 0 spiro atoms. The maximum absolute atomic E-state index is 12.0. The van der Waals surface area contributed by atoms with E-state index in [2.05, 4.69) is 5.32 Å². The van der Waals surface area contributed by atoms with Crippen molar-refractivity contribution >= 4 is 23.2 Å². The second-order valence-corrected chi connectivity index (χ2v) is 5.20. The standard InChI is InChI=1S/C15H17ClN2O2/c1-11-8-12(16)5-6-14(11)17-15(19)10-18(2)9-13-4-3-7-20-13/h3-8H,9-10H2,1-2H3,(H,17,19). The van der Waals surface area contributed by atoms with Crippen LogP contribution in [0.25, 0.3) is 0 Å². The Morgan fingerprint density at radius 1 is 1.40 bits per heavy atom. The van der Waals surface area contributed by atoms with Crippen molar-refractivity contribution in [3.05, 3.63) is 52.9 Å². The second kappa shape index (κ2) is 6.59. The topological polar surface area (TPSA) is 45.5 Å². The molecular weight excluding hydrogens is 276 g/mol. The molecule has 0 aliphatic heterocycles. The van der Waals surface area contributed by atoms with Gasteiger partial charge in [-0.2, -0.15) is 0 Å². The summed E-state index contributed by atoms with van der Waals surface area (Å²) in [5.74, 6) is 0.771. The first-order valence-corrected chi connectivity index (χ1v) is 6.69. The molecular formula is C15H17ClN2O2. The van der Waals surface area contributed by atoms with Gasteiger partial charge in [-0.25, -0.2) is 0 Å². The zero-order valence-corrected chi connectivity index (χ0v) is 12.3. The number of likely N-dealkylation sites (N-methyl/N-ethyl adjacent to an activating group) is 1. The van der Waals surface area contributed by atoms with Gasteiger partial charge in [-0.05, 0) is 49.9 Å². The quantitative estimate of drug-likeness (QED) is 0.919. The van der Waals surface area contributed by atoms with E-state index in [4.69, 9.17) is 16.0 Å². The first kappa shape index (κ1) is 14.6. The SMILES string of the molecule is Cc1cc(Cl)ccc1NC(=O)CN(C)Cc1ccco1. The molecule has 0 atom stereocenters. The number of hydrogen-bond donors (Lipinski definition) is 1. The third-order valence-corrected chi connectivity index (χ3v) is 3.12. The van der Waals surface area contributed by atoms with Crippen molar-refractivity contribution in [3.8, 4) is 0 Å². The molecule has 106 valence electrons. The Labute approximate surface area is 123 Å².